The van der Waals surface area contributed by atoms with E-state index in [0.29, 0.717) is 5.92 Å². The zero-order valence-corrected chi connectivity index (χ0v) is 13.3. The minimum absolute atomic E-state index is 0.144. The van der Waals surface area contributed by atoms with Gasteiger partial charge in [0.15, 0.2) is 0 Å². The zero-order chi connectivity index (χ0) is 14.5. The summed E-state index contributed by atoms with van der Waals surface area (Å²) in [4.78, 5) is 0. The van der Waals surface area contributed by atoms with Crippen molar-refractivity contribution in [2.45, 2.75) is 41.5 Å². The number of benzene rings is 1. The van der Waals surface area contributed by atoms with E-state index in [1.165, 1.54) is 11.1 Å². The molecule has 2 heteroatoms. The van der Waals surface area contributed by atoms with E-state index in [-0.39, 0.29) is 5.41 Å². The van der Waals surface area contributed by atoms with Crippen LogP contribution < -0.4 is 10.1 Å². The number of hydrogen-bond acceptors (Lipinski definition) is 2. The van der Waals surface area contributed by atoms with Crippen molar-refractivity contribution in [2.24, 2.45) is 11.3 Å². The summed E-state index contributed by atoms with van der Waals surface area (Å²) < 4.78 is 6.00. The van der Waals surface area contributed by atoms with Gasteiger partial charge in [-0.25, -0.2) is 0 Å². The SMILES string of the molecule is Cc1cccc(OCC(C)(C)CNCC(C)C)c1C. The number of aryl methyl sites for hydroxylation is 1. The van der Waals surface area contributed by atoms with Crippen LogP contribution in [0.2, 0.25) is 0 Å². The van der Waals surface area contributed by atoms with Gasteiger partial charge in [0.25, 0.3) is 0 Å². The molecule has 0 aliphatic carbocycles. The molecule has 0 saturated heterocycles. The quantitative estimate of drug-likeness (QED) is 0.804. The predicted molar refractivity (Wildman–Crippen MR) is 82.9 cm³/mol. The van der Waals surface area contributed by atoms with Crippen molar-refractivity contribution in [1.29, 1.82) is 0 Å². The lowest BCUT2D eigenvalue weighted by atomic mass is 9.94. The normalized spacial score (nSPS) is 11.9. The van der Waals surface area contributed by atoms with Gasteiger partial charge in [-0.15, -0.1) is 0 Å². The van der Waals surface area contributed by atoms with E-state index in [0.717, 1.165) is 25.4 Å². The highest BCUT2D eigenvalue weighted by Crippen LogP contribution is 2.23. The van der Waals surface area contributed by atoms with Gasteiger partial charge in [0.1, 0.15) is 5.75 Å². The Kier molecular flexibility index (Phi) is 5.86. The Labute approximate surface area is 118 Å². The molecule has 0 unspecified atom stereocenters. The third-order valence-corrected chi connectivity index (χ3v) is 3.33. The molecule has 0 aliphatic heterocycles. The van der Waals surface area contributed by atoms with Crippen molar-refractivity contribution in [1.82, 2.24) is 5.32 Å². The average Bonchev–Trinajstić information content (AvgIpc) is 2.30. The molecule has 0 amide bonds. The largest absolute Gasteiger partial charge is 0.493 e. The number of nitrogens with one attached hydrogen (secondary N) is 1. The lowest BCUT2D eigenvalue weighted by Gasteiger charge is -2.26. The van der Waals surface area contributed by atoms with Crippen LogP contribution in [-0.4, -0.2) is 19.7 Å². The summed E-state index contributed by atoms with van der Waals surface area (Å²) in [6, 6.07) is 6.24. The second kappa shape index (κ2) is 6.95. The van der Waals surface area contributed by atoms with E-state index in [9.17, 15) is 0 Å². The summed E-state index contributed by atoms with van der Waals surface area (Å²) in [5.74, 6) is 1.70. The van der Waals surface area contributed by atoms with Crippen LogP contribution in [0.4, 0.5) is 0 Å². The number of ether oxygens (including phenoxy) is 1. The monoisotopic (exact) mass is 263 g/mol. The minimum atomic E-state index is 0.144. The van der Waals surface area contributed by atoms with E-state index in [1.807, 2.05) is 0 Å². The van der Waals surface area contributed by atoms with Crippen LogP contribution in [0.25, 0.3) is 0 Å². The van der Waals surface area contributed by atoms with Crippen LogP contribution in [0, 0.1) is 25.2 Å². The smallest absolute Gasteiger partial charge is 0.122 e. The van der Waals surface area contributed by atoms with Gasteiger partial charge in [-0.05, 0) is 43.5 Å². The summed E-state index contributed by atoms with van der Waals surface area (Å²) in [6.45, 7) is 16.0. The van der Waals surface area contributed by atoms with E-state index >= 15 is 0 Å². The highest BCUT2D eigenvalue weighted by atomic mass is 16.5. The Hall–Kier alpha value is -1.02. The maximum atomic E-state index is 6.00. The van der Waals surface area contributed by atoms with Crippen molar-refractivity contribution < 1.29 is 4.74 Å². The van der Waals surface area contributed by atoms with Crippen LogP contribution >= 0.6 is 0 Å². The van der Waals surface area contributed by atoms with Crippen LogP contribution in [0.3, 0.4) is 0 Å². The lowest BCUT2D eigenvalue weighted by molar-refractivity contribution is 0.174. The molecule has 0 heterocycles. The lowest BCUT2D eigenvalue weighted by Crippen LogP contribution is -2.36. The van der Waals surface area contributed by atoms with Crippen molar-refractivity contribution in [3.8, 4) is 5.75 Å². The first kappa shape index (κ1) is 16.0. The molecule has 0 spiro atoms. The molecule has 1 N–H and O–H groups in total. The summed E-state index contributed by atoms with van der Waals surface area (Å²) in [5.41, 5.74) is 2.67. The third-order valence-electron chi connectivity index (χ3n) is 3.33. The molecule has 0 aromatic heterocycles. The third kappa shape index (κ3) is 5.65. The fourth-order valence-electron chi connectivity index (χ4n) is 1.90. The number of hydrogen-bond donors (Lipinski definition) is 1. The van der Waals surface area contributed by atoms with Gasteiger partial charge in [0, 0.05) is 12.0 Å². The molecular formula is C17H29NO. The molecule has 0 atom stereocenters. The molecule has 0 bridgehead atoms. The van der Waals surface area contributed by atoms with Gasteiger partial charge in [-0.3, -0.25) is 0 Å². The predicted octanol–water partition coefficient (Wildman–Crippen LogP) is 3.95. The van der Waals surface area contributed by atoms with Crippen molar-refractivity contribution in [2.75, 3.05) is 19.7 Å². The molecule has 1 rings (SSSR count). The van der Waals surface area contributed by atoms with Gasteiger partial charge in [0.2, 0.25) is 0 Å². The van der Waals surface area contributed by atoms with Crippen molar-refractivity contribution in [3.05, 3.63) is 29.3 Å². The first-order valence-electron chi connectivity index (χ1n) is 7.21. The fraction of sp³-hybridized carbons (Fsp3) is 0.647. The second-order valence-corrected chi connectivity index (χ2v) is 6.68. The first-order chi connectivity index (χ1) is 8.82. The van der Waals surface area contributed by atoms with Crippen molar-refractivity contribution >= 4 is 0 Å². The van der Waals surface area contributed by atoms with Crippen LogP contribution in [-0.2, 0) is 0 Å². The molecule has 1 aromatic carbocycles. The molecule has 0 aliphatic rings. The van der Waals surface area contributed by atoms with Gasteiger partial charge in [-0.1, -0.05) is 39.8 Å². The minimum Gasteiger partial charge on any atom is -0.493 e. The van der Waals surface area contributed by atoms with Crippen LogP contribution in [0.5, 0.6) is 5.75 Å². The summed E-state index contributed by atoms with van der Waals surface area (Å²) >= 11 is 0. The Balaban J connectivity index is 2.48. The molecule has 0 saturated carbocycles. The Bertz CT molecular complexity index is 396. The molecular weight excluding hydrogens is 234 g/mol. The topological polar surface area (TPSA) is 21.3 Å². The van der Waals surface area contributed by atoms with Gasteiger partial charge < -0.3 is 10.1 Å². The maximum Gasteiger partial charge on any atom is 0.122 e. The van der Waals surface area contributed by atoms with Crippen LogP contribution in [0.1, 0.15) is 38.8 Å². The van der Waals surface area contributed by atoms with E-state index in [2.05, 4.69) is 65.1 Å². The van der Waals surface area contributed by atoms with Gasteiger partial charge in [-0.2, -0.15) is 0 Å². The summed E-state index contributed by atoms with van der Waals surface area (Å²) in [5, 5.41) is 3.51. The van der Waals surface area contributed by atoms with Gasteiger partial charge >= 0.3 is 0 Å². The molecule has 0 radical (unpaired) electrons. The molecule has 2 nitrogen and oxygen atoms in total. The molecule has 108 valence electrons. The Morgan fingerprint density at radius 1 is 1.21 bits per heavy atom. The first-order valence-corrected chi connectivity index (χ1v) is 7.21. The van der Waals surface area contributed by atoms with E-state index in [1.54, 1.807) is 0 Å². The summed E-state index contributed by atoms with van der Waals surface area (Å²) in [7, 11) is 0. The average molecular weight is 263 g/mol. The Morgan fingerprint density at radius 2 is 1.89 bits per heavy atom. The van der Waals surface area contributed by atoms with E-state index in [4.69, 9.17) is 4.74 Å². The standard InChI is InChI=1S/C17H29NO/c1-13(2)10-18-11-17(5,6)12-19-16-9-7-8-14(3)15(16)4/h7-9,13,18H,10-12H2,1-6H3. The zero-order valence-electron chi connectivity index (χ0n) is 13.3. The maximum absolute atomic E-state index is 6.00. The van der Waals surface area contributed by atoms with Gasteiger partial charge in [0.05, 0.1) is 6.61 Å². The highest BCUT2D eigenvalue weighted by molar-refractivity contribution is 5.38. The molecule has 0 fully saturated rings. The second-order valence-electron chi connectivity index (χ2n) is 6.68. The number of rotatable bonds is 7. The fourth-order valence-corrected chi connectivity index (χ4v) is 1.90. The molecule has 1 aromatic rings. The Morgan fingerprint density at radius 3 is 2.53 bits per heavy atom. The van der Waals surface area contributed by atoms with Crippen molar-refractivity contribution in [3.63, 3.8) is 0 Å². The molecule has 19 heavy (non-hydrogen) atoms. The van der Waals surface area contributed by atoms with E-state index < -0.39 is 0 Å². The van der Waals surface area contributed by atoms with Crippen LogP contribution in [0.15, 0.2) is 18.2 Å². The summed E-state index contributed by atoms with van der Waals surface area (Å²) in [6.07, 6.45) is 0. The highest BCUT2D eigenvalue weighted by Gasteiger charge is 2.19.